The fraction of sp³-hybridized carbons (Fsp3) is 0.619. The van der Waals surface area contributed by atoms with Gasteiger partial charge in [0.1, 0.15) is 0 Å². The zero-order valence-electron chi connectivity index (χ0n) is 16.9. The van der Waals surface area contributed by atoms with Crippen LogP contribution in [0.25, 0.3) is 0 Å². The Morgan fingerprint density at radius 2 is 1.96 bits per heavy atom. The number of carbonyl (C=O) groups excluding carboxylic acids is 1. The van der Waals surface area contributed by atoms with E-state index in [0.717, 1.165) is 30.4 Å². The van der Waals surface area contributed by atoms with Gasteiger partial charge in [0.05, 0.1) is 0 Å². The van der Waals surface area contributed by atoms with Gasteiger partial charge in [0, 0.05) is 32.2 Å². The Bertz CT molecular complexity index is 598. The standard InChI is InChI=1S/C21H34N4O.HI/c1-4-6-16-9-11-19(12-10-16)25-21(23-3)24-14-13-17-7-5-8-18(15-17)20(26)22-2;/h5,7-8,15-16,19H,4,6,9-14H2,1-3H3,(H,22,26)(H2,23,24,25);1H. The second-order valence-electron chi connectivity index (χ2n) is 7.18. The molecule has 152 valence electrons. The van der Waals surface area contributed by atoms with E-state index in [0.29, 0.717) is 11.6 Å². The molecule has 0 aromatic heterocycles. The number of guanidine groups is 1. The average Bonchev–Trinajstić information content (AvgIpc) is 2.68. The lowest BCUT2D eigenvalue weighted by molar-refractivity contribution is 0.0963. The molecule has 2 rings (SSSR count). The molecule has 0 radical (unpaired) electrons. The van der Waals surface area contributed by atoms with Crippen LogP contribution >= 0.6 is 24.0 Å². The van der Waals surface area contributed by atoms with Crippen LogP contribution in [0.4, 0.5) is 0 Å². The summed E-state index contributed by atoms with van der Waals surface area (Å²) in [6.07, 6.45) is 8.65. The Morgan fingerprint density at radius 1 is 1.22 bits per heavy atom. The van der Waals surface area contributed by atoms with Crippen molar-refractivity contribution in [1.29, 1.82) is 0 Å². The second kappa shape index (κ2) is 13.0. The predicted octanol–water partition coefficient (Wildman–Crippen LogP) is 3.73. The molecule has 1 aromatic carbocycles. The Balaban J connectivity index is 0.00000364. The van der Waals surface area contributed by atoms with Crippen molar-refractivity contribution in [2.75, 3.05) is 20.6 Å². The van der Waals surface area contributed by atoms with Crippen molar-refractivity contribution in [3.63, 3.8) is 0 Å². The number of nitrogens with zero attached hydrogens (tertiary/aromatic N) is 1. The summed E-state index contributed by atoms with van der Waals surface area (Å²) < 4.78 is 0. The topological polar surface area (TPSA) is 65.5 Å². The lowest BCUT2D eigenvalue weighted by Crippen LogP contribution is -2.45. The summed E-state index contributed by atoms with van der Waals surface area (Å²) in [5.41, 5.74) is 1.85. The summed E-state index contributed by atoms with van der Waals surface area (Å²) in [7, 11) is 3.48. The molecule has 1 saturated carbocycles. The molecule has 27 heavy (non-hydrogen) atoms. The van der Waals surface area contributed by atoms with E-state index in [1.807, 2.05) is 25.2 Å². The van der Waals surface area contributed by atoms with Crippen LogP contribution in [0.2, 0.25) is 0 Å². The average molecular weight is 486 g/mol. The minimum Gasteiger partial charge on any atom is -0.356 e. The van der Waals surface area contributed by atoms with Crippen LogP contribution in [0.15, 0.2) is 29.3 Å². The molecule has 1 aromatic rings. The molecular weight excluding hydrogens is 451 g/mol. The van der Waals surface area contributed by atoms with E-state index >= 15 is 0 Å². The van der Waals surface area contributed by atoms with E-state index in [9.17, 15) is 4.79 Å². The molecule has 0 atom stereocenters. The van der Waals surface area contributed by atoms with Crippen molar-refractivity contribution in [3.05, 3.63) is 35.4 Å². The first-order valence-corrected chi connectivity index (χ1v) is 9.94. The van der Waals surface area contributed by atoms with Gasteiger partial charge in [-0.1, -0.05) is 31.9 Å². The molecule has 1 amide bonds. The number of nitrogens with one attached hydrogen (secondary N) is 3. The van der Waals surface area contributed by atoms with Crippen LogP contribution in [0, 0.1) is 5.92 Å². The quantitative estimate of drug-likeness (QED) is 0.313. The van der Waals surface area contributed by atoms with E-state index in [1.165, 1.54) is 38.5 Å². The van der Waals surface area contributed by atoms with E-state index in [2.05, 4.69) is 33.9 Å². The van der Waals surface area contributed by atoms with Gasteiger partial charge in [0.15, 0.2) is 5.96 Å². The molecule has 1 aliphatic carbocycles. The minimum absolute atomic E-state index is 0. The maximum absolute atomic E-state index is 11.7. The Hall–Kier alpha value is -1.31. The number of rotatable bonds is 7. The summed E-state index contributed by atoms with van der Waals surface area (Å²) in [5.74, 6) is 1.75. The van der Waals surface area contributed by atoms with E-state index in [4.69, 9.17) is 0 Å². The fourth-order valence-electron chi connectivity index (χ4n) is 3.73. The zero-order valence-corrected chi connectivity index (χ0v) is 19.2. The van der Waals surface area contributed by atoms with Crippen molar-refractivity contribution >= 4 is 35.8 Å². The summed E-state index contributed by atoms with van der Waals surface area (Å²) in [5, 5.41) is 9.64. The third kappa shape index (κ3) is 8.07. The van der Waals surface area contributed by atoms with Gasteiger partial charge in [-0.05, 0) is 55.7 Å². The van der Waals surface area contributed by atoms with Crippen molar-refractivity contribution in [1.82, 2.24) is 16.0 Å². The first kappa shape index (κ1) is 23.7. The maximum atomic E-state index is 11.7. The molecule has 5 nitrogen and oxygen atoms in total. The highest BCUT2D eigenvalue weighted by Crippen LogP contribution is 2.27. The third-order valence-electron chi connectivity index (χ3n) is 5.23. The molecule has 0 saturated heterocycles. The summed E-state index contributed by atoms with van der Waals surface area (Å²) in [6, 6.07) is 8.31. The Labute approximate surface area is 181 Å². The maximum Gasteiger partial charge on any atom is 0.251 e. The van der Waals surface area contributed by atoms with Crippen molar-refractivity contribution in [3.8, 4) is 0 Å². The zero-order chi connectivity index (χ0) is 18.8. The molecule has 0 aliphatic heterocycles. The number of halogens is 1. The number of aliphatic imine (C=N–C) groups is 1. The molecule has 1 fully saturated rings. The lowest BCUT2D eigenvalue weighted by Gasteiger charge is -2.30. The fourth-order valence-corrected chi connectivity index (χ4v) is 3.73. The summed E-state index contributed by atoms with van der Waals surface area (Å²) >= 11 is 0. The van der Waals surface area contributed by atoms with Crippen LogP contribution in [-0.4, -0.2) is 38.5 Å². The Kier molecular flexibility index (Phi) is 11.4. The smallest absolute Gasteiger partial charge is 0.251 e. The van der Waals surface area contributed by atoms with Crippen LogP contribution < -0.4 is 16.0 Å². The summed E-state index contributed by atoms with van der Waals surface area (Å²) in [4.78, 5) is 16.1. The van der Waals surface area contributed by atoms with Crippen LogP contribution in [-0.2, 0) is 6.42 Å². The molecule has 1 aliphatic rings. The highest BCUT2D eigenvalue weighted by molar-refractivity contribution is 14.0. The normalized spacial score (nSPS) is 19.7. The number of benzene rings is 1. The SMILES string of the molecule is CCCC1CCC(NC(=NC)NCCc2cccc(C(=O)NC)c2)CC1.I. The number of hydrogen-bond acceptors (Lipinski definition) is 2. The van der Waals surface area contributed by atoms with E-state index in [-0.39, 0.29) is 29.9 Å². The van der Waals surface area contributed by atoms with E-state index < -0.39 is 0 Å². The van der Waals surface area contributed by atoms with Gasteiger partial charge in [-0.25, -0.2) is 0 Å². The highest BCUT2D eigenvalue weighted by Gasteiger charge is 2.21. The van der Waals surface area contributed by atoms with Gasteiger partial charge < -0.3 is 16.0 Å². The van der Waals surface area contributed by atoms with Gasteiger partial charge >= 0.3 is 0 Å². The van der Waals surface area contributed by atoms with Crippen molar-refractivity contribution < 1.29 is 4.79 Å². The lowest BCUT2D eigenvalue weighted by atomic mass is 9.83. The number of carbonyl (C=O) groups is 1. The molecular formula is C21H35IN4O. The molecule has 0 unspecified atom stereocenters. The molecule has 0 heterocycles. The van der Waals surface area contributed by atoms with Gasteiger partial charge in [-0.15, -0.1) is 24.0 Å². The minimum atomic E-state index is -0.0454. The van der Waals surface area contributed by atoms with E-state index in [1.54, 1.807) is 7.05 Å². The molecule has 0 spiro atoms. The van der Waals surface area contributed by atoms with Crippen LogP contribution in [0.1, 0.15) is 61.4 Å². The van der Waals surface area contributed by atoms with Crippen LogP contribution in [0.5, 0.6) is 0 Å². The highest BCUT2D eigenvalue weighted by atomic mass is 127. The third-order valence-corrected chi connectivity index (χ3v) is 5.23. The molecule has 0 bridgehead atoms. The van der Waals surface area contributed by atoms with Gasteiger partial charge in [0.2, 0.25) is 0 Å². The Morgan fingerprint density at radius 3 is 2.59 bits per heavy atom. The van der Waals surface area contributed by atoms with Crippen molar-refractivity contribution in [2.45, 2.75) is 57.9 Å². The van der Waals surface area contributed by atoms with Gasteiger partial charge in [-0.3, -0.25) is 9.79 Å². The predicted molar refractivity (Wildman–Crippen MR) is 124 cm³/mol. The van der Waals surface area contributed by atoms with Crippen molar-refractivity contribution in [2.24, 2.45) is 10.9 Å². The molecule has 3 N–H and O–H groups in total. The first-order chi connectivity index (χ1) is 12.7. The van der Waals surface area contributed by atoms with Crippen LogP contribution in [0.3, 0.4) is 0 Å². The number of hydrogen-bond donors (Lipinski definition) is 3. The van der Waals surface area contributed by atoms with Gasteiger partial charge in [0.25, 0.3) is 5.91 Å². The summed E-state index contributed by atoms with van der Waals surface area (Å²) in [6.45, 7) is 3.07. The largest absolute Gasteiger partial charge is 0.356 e. The first-order valence-electron chi connectivity index (χ1n) is 9.94. The second-order valence-corrected chi connectivity index (χ2v) is 7.18. The molecule has 6 heteroatoms. The monoisotopic (exact) mass is 486 g/mol. The van der Waals surface area contributed by atoms with Gasteiger partial charge in [-0.2, -0.15) is 0 Å². The number of amides is 1.